The normalized spacial score (nSPS) is 19.5. The third-order valence-corrected chi connectivity index (χ3v) is 4.30. The lowest BCUT2D eigenvalue weighted by molar-refractivity contribution is 0.114. The van der Waals surface area contributed by atoms with E-state index in [1.54, 1.807) is 12.1 Å². The summed E-state index contributed by atoms with van der Waals surface area (Å²) in [6, 6.07) is 3.41. The third kappa shape index (κ3) is 3.65. The number of nitrogens with zero attached hydrogens (tertiary/aromatic N) is 1. The zero-order valence-electron chi connectivity index (χ0n) is 10.9. The van der Waals surface area contributed by atoms with Crippen LogP contribution in [0.5, 0.6) is 0 Å². The van der Waals surface area contributed by atoms with Crippen molar-refractivity contribution in [2.75, 3.05) is 25.0 Å². The van der Waals surface area contributed by atoms with Gasteiger partial charge in [-0.25, -0.2) is 18.1 Å². The van der Waals surface area contributed by atoms with Gasteiger partial charge in [-0.05, 0) is 31.9 Å². The summed E-state index contributed by atoms with van der Waals surface area (Å²) in [6.45, 7) is 3.55. The zero-order valence-corrected chi connectivity index (χ0v) is 11.7. The SMILES string of the molecule is CCNc1cccnc1S(=O)(=O)NCC1CCCO1. The van der Waals surface area contributed by atoms with Crippen LogP contribution in [0.4, 0.5) is 5.69 Å². The minimum absolute atomic E-state index is 0.0268. The highest BCUT2D eigenvalue weighted by Gasteiger charge is 2.23. The van der Waals surface area contributed by atoms with E-state index in [2.05, 4.69) is 15.0 Å². The van der Waals surface area contributed by atoms with Crippen LogP contribution >= 0.6 is 0 Å². The van der Waals surface area contributed by atoms with Gasteiger partial charge >= 0.3 is 0 Å². The lowest BCUT2D eigenvalue weighted by Crippen LogP contribution is -2.32. The number of hydrogen-bond donors (Lipinski definition) is 2. The average Bonchev–Trinajstić information content (AvgIpc) is 2.91. The van der Waals surface area contributed by atoms with Crippen LogP contribution in [-0.4, -0.2) is 39.2 Å². The van der Waals surface area contributed by atoms with Gasteiger partial charge in [0.15, 0.2) is 5.03 Å². The number of rotatable bonds is 6. The molecule has 0 bridgehead atoms. The van der Waals surface area contributed by atoms with E-state index in [1.807, 2.05) is 6.92 Å². The lowest BCUT2D eigenvalue weighted by atomic mass is 10.2. The van der Waals surface area contributed by atoms with E-state index in [0.717, 1.165) is 12.8 Å². The number of hydrogen-bond acceptors (Lipinski definition) is 5. The fourth-order valence-corrected chi connectivity index (χ4v) is 3.18. The molecule has 1 atom stereocenters. The minimum Gasteiger partial charge on any atom is -0.383 e. The fraction of sp³-hybridized carbons (Fsp3) is 0.583. The molecule has 0 aromatic carbocycles. The summed E-state index contributed by atoms with van der Waals surface area (Å²) in [5.74, 6) is 0. The van der Waals surface area contributed by atoms with E-state index in [0.29, 0.717) is 25.4 Å². The van der Waals surface area contributed by atoms with Gasteiger partial charge in [-0.2, -0.15) is 0 Å². The molecular formula is C12H19N3O3S. The Hall–Kier alpha value is -1.18. The molecule has 19 heavy (non-hydrogen) atoms. The Balaban J connectivity index is 2.09. The van der Waals surface area contributed by atoms with E-state index >= 15 is 0 Å². The molecule has 2 rings (SSSR count). The maximum atomic E-state index is 12.2. The Morgan fingerprint density at radius 1 is 1.53 bits per heavy atom. The molecule has 1 unspecified atom stereocenters. The maximum absolute atomic E-state index is 12.2. The number of pyridine rings is 1. The number of aromatic nitrogens is 1. The van der Waals surface area contributed by atoms with Crippen molar-refractivity contribution in [3.8, 4) is 0 Å². The fourth-order valence-electron chi connectivity index (χ4n) is 2.01. The first-order valence-corrected chi connectivity index (χ1v) is 7.92. The van der Waals surface area contributed by atoms with Crippen LogP contribution in [0.15, 0.2) is 23.4 Å². The molecule has 0 spiro atoms. The molecule has 0 amide bonds. The summed E-state index contributed by atoms with van der Waals surface area (Å²) < 4.78 is 32.4. The van der Waals surface area contributed by atoms with Crippen LogP contribution in [0.1, 0.15) is 19.8 Å². The third-order valence-electron chi connectivity index (χ3n) is 2.92. The molecule has 1 aromatic rings. The molecule has 7 heteroatoms. The van der Waals surface area contributed by atoms with Gasteiger partial charge in [-0.15, -0.1) is 0 Å². The van der Waals surface area contributed by atoms with Crippen LogP contribution < -0.4 is 10.0 Å². The van der Waals surface area contributed by atoms with Crippen molar-refractivity contribution in [3.63, 3.8) is 0 Å². The number of nitrogens with one attached hydrogen (secondary N) is 2. The van der Waals surface area contributed by atoms with Crippen molar-refractivity contribution in [2.45, 2.75) is 30.9 Å². The van der Waals surface area contributed by atoms with Crippen LogP contribution in [0, 0.1) is 0 Å². The van der Waals surface area contributed by atoms with Crippen molar-refractivity contribution in [3.05, 3.63) is 18.3 Å². The maximum Gasteiger partial charge on any atom is 0.260 e. The van der Waals surface area contributed by atoms with Crippen molar-refractivity contribution < 1.29 is 13.2 Å². The summed E-state index contributed by atoms with van der Waals surface area (Å²) in [7, 11) is -3.60. The first kappa shape index (κ1) is 14.2. The van der Waals surface area contributed by atoms with Crippen LogP contribution in [0.3, 0.4) is 0 Å². The van der Waals surface area contributed by atoms with Gasteiger partial charge in [0.1, 0.15) is 0 Å². The topological polar surface area (TPSA) is 80.3 Å². The summed E-state index contributed by atoms with van der Waals surface area (Å²) in [4.78, 5) is 3.96. The monoisotopic (exact) mass is 285 g/mol. The van der Waals surface area contributed by atoms with Gasteiger partial charge < -0.3 is 10.1 Å². The molecule has 1 aromatic heterocycles. The highest BCUT2D eigenvalue weighted by Crippen LogP contribution is 2.18. The Bertz CT molecular complexity index is 513. The molecule has 1 aliphatic heterocycles. The predicted octanol–water partition coefficient (Wildman–Crippen LogP) is 0.971. The number of sulfonamides is 1. The quantitative estimate of drug-likeness (QED) is 0.814. The van der Waals surface area contributed by atoms with E-state index in [-0.39, 0.29) is 11.1 Å². The Labute approximate surface area is 113 Å². The molecule has 6 nitrogen and oxygen atoms in total. The molecule has 0 radical (unpaired) electrons. The predicted molar refractivity (Wildman–Crippen MR) is 72.6 cm³/mol. The Morgan fingerprint density at radius 2 is 2.37 bits per heavy atom. The summed E-state index contributed by atoms with van der Waals surface area (Å²) >= 11 is 0. The van der Waals surface area contributed by atoms with Gasteiger partial charge in [0.25, 0.3) is 10.0 Å². The summed E-state index contributed by atoms with van der Waals surface area (Å²) in [5, 5.41) is 3.03. The smallest absolute Gasteiger partial charge is 0.260 e. The molecule has 2 heterocycles. The van der Waals surface area contributed by atoms with Gasteiger partial charge in [0.2, 0.25) is 0 Å². The van der Waals surface area contributed by atoms with Crippen LogP contribution in [0.25, 0.3) is 0 Å². The molecule has 106 valence electrons. The summed E-state index contributed by atoms with van der Waals surface area (Å²) in [6.07, 6.45) is 3.33. The highest BCUT2D eigenvalue weighted by atomic mass is 32.2. The molecule has 0 aliphatic carbocycles. The molecular weight excluding hydrogens is 266 g/mol. The Kier molecular flexibility index (Phi) is 4.73. The van der Waals surface area contributed by atoms with Crippen LogP contribution in [-0.2, 0) is 14.8 Å². The first-order chi connectivity index (χ1) is 9.13. The van der Waals surface area contributed by atoms with Gasteiger partial charge in [-0.1, -0.05) is 0 Å². The van der Waals surface area contributed by atoms with Crippen molar-refractivity contribution >= 4 is 15.7 Å². The van der Waals surface area contributed by atoms with Crippen molar-refractivity contribution in [1.29, 1.82) is 0 Å². The molecule has 1 fully saturated rings. The lowest BCUT2D eigenvalue weighted by Gasteiger charge is -2.13. The molecule has 1 aliphatic rings. The minimum atomic E-state index is -3.60. The summed E-state index contributed by atoms with van der Waals surface area (Å²) in [5.41, 5.74) is 0.518. The second-order valence-electron chi connectivity index (χ2n) is 4.37. The van der Waals surface area contributed by atoms with Crippen molar-refractivity contribution in [1.82, 2.24) is 9.71 Å². The van der Waals surface area contributed by atoms with E-state index < -0.39 is 10.0 Å². The van der Waals surface area contributed by atoms with E-state index in [4.69, 9.17) is 4.74 Å². The second-order valence-corrected chi connectivity index (χ2v) is 6.06. The Morgan fingerprint density at radius 3 is 3.05 bits per heavy atom. The van der Waals surface area contributed by atoms with E-state index in [1.165, 1.54) is 6.20 Å². The number of anilines is 1. The van der Waals surface area contributed by atoms with Crippen molar-refractivity contribution in [2.24, 2.45) is 0 Å². The zero-order chi connectivity index (χ0) is 13.7. The van der Waals surface area contributed by atoms with Gasteiger partial charge in [0.05, 0.1) is 11.8 Å². The standard InChI is InChI=1S/C12H19N3O3S/c1-2-13-11-6-3-7-14-12(11)19(16,17)15-9-10-5-4-8-18-10/h3,6-7,10,13,15H,2,4-5,8-9H2,1H3. The molecule has 1 saturated heterocycles. The van der Waals surface area contributed by atoms with E-state index in [9.17, 15) is 8.42 Å². The molecule has 2 N–H and O–H groups in total. The second kappa shape index (κ2) is 6.31. The largest absolute Gasteiger partial charge is 0.383 e. The average molecular weight is 285 g/mol. The van der Waals surface area contributed by atoms with Crippen LogP contribution in [0.2, 0.25) is 0 Å². The molecule has 0 saturated carbocycles. The highest BCUT2D eigenvalue weighted by molar-refractivity contribution is 7.89. The first-order valence-electron chi connectivity index (χ1n) is 6.43. The number of ether oxygens (including phenoxy) is 1. The van der Waals surface area contributed by atoms with Gasteiger partial charge in [0, 0.05) is 25.9 Å². The van der Waals surface area contributed by atoms with Gasteiger partial charge in [-0.3, -0.25) is 0 Å².